The quantitative estimate of drug-likeness (QED) is 0.234. The van der Waals surface area contributed by atoms with Crippen molar-refractivity contribution in [2.24, 2.45) is 5.92 Å². The second-order valence-electron chi connectivity index (χ2n) is 7.11. The molecule has 0 heterocycles. The number of hydrogen-bond acceptors (Lipinski definition) is 2. The van der Waals surface area contributed by atoms with Gasteiger partial charge in [-0.2, -0.15) is 0 Å². The molecule has 0 amide bonds. The van der Waals surface area contributed by atoms with Crippen molar-refractivity contribution in [2.75, 3.05) is 0 Å². The van der Waals surface area contributed by atoms with Gasteiger partial charge in [0.15, 0.2) is 0 Å². The van der Waals surface area contributed by atoms with Crippen LogP contribution < -0.4 is 0 Å². The van der Waals surface area contributed by atoms with Crippen LogP contribution in [0.5, 0.6) is 0 Å². The number of aliphatic hydroxyl groups is 1. The summed E-state index contributed by atoms with van der Waals surface area (Å²) in [4.78, 5) is 11.0. The molecule has 0 fully saturated rings. The molecule has 0 saturated heterocycles. The number of unbranched alkanes of at least 4 members (excludes halogenated alkanes) is 9. The molecule has 0 rings (SSSR count). The fraction of sp³-hybridized carbons (Fsp3) is 0.857. The van der Waals surface area contributed by atoms with Gasteiger partial charge in [-0.15, -0.1) is 6.58 Å². The van der Waals surface area contributed by atoms with Crippen LogP contribution in [-0.4, -0.2) is 22.3 Å². The van der Waals surface area contributed by atoms with Gasteiger partial charge in [0.05, 0.1) is 12.0 Å². The Morgan fingerprint density at radius 1 is 0.875 bits per heavy atom. The van der Waals surface area contributed by atoms with Gasteiger partial charge < -0.3 is 10.2 Å². The van der Waals surface area contributed by atoms with Gasteiger partial charge in [-0.05, 0) is 25.7 Å². The Kier molecular flexibility index (Phi) is 16.4. The van der Waals surface area contributed by atoms with Crippen molar-refractivity contribution < 1.29 is 15.0 Å². The lowest BCUT2D eigenvalue weighted by Crippen LogP contribution is -2.12. The first kappa shape index (κ1) is 23.2. The molecule has 3 nitrogen and oxygen atoms in total. The van der Waals surface area contributed by atoms with E-state index in [4.69, 9.17) is 5.11 Å². The monoisotopic (exact) mass is 340 g/mol. The lowest BCUT2D eigenvalue weighted by molar-refractivity contribution is -0.141. The van der Waals surface area contributed by atoms with Gasteiger partial charge in [-0.25, -0.2) is 0 Å². The number of aliphatic hydroxyl groups excluding tert-OH is 1. The molecule has 2 unspecified atom stereocenters. The summed E-state index contributed by atoms with van der Waals surface area (Å²) >= 11 is 0. The topological polar surface area (TPSA) is 57.5 Å². The number of rotatable bonds is 18. The van der Waals surface area contributed by atoms with E-state index in [0.29, 0.717) is 6.42 Å². The van der Waals surface area contributed by atoms with E-state index in [1.807, 2.05) is 0 Å². The molecule has 2 atom stereocenters. The molecule has 0 bridgehead atoms. The normalized spacial score (nSPS) is 13.6. The van der Waals surface area contributed by atoms with Crippen LogP contribution in [0.15, 0.2) is 12.7 Å². The Morgan fingerprint density at radius 3 is 1.79 bits per heavy atom. The van der Waals surface area contributed by atoms with Gasteiger partial charge in [-0.3, -0.25) is 4.79 Å². The van der Waals surface area contributed by atoms with E-state index in [1.54, 1.807) is 6.08 Å². The summed E-state index contributed by atoms with van der Waals surface area (Å²) in [6, 6.07) is 0. The van der Waals surface area contributed by atoms with Crippen molar-refractivity contribution >= 4 is 5.97 Å². The zero-order valence-electron chi connectivity index (χ0n) is 15.8. The summed E-state index contributed by atoms with van der Waals surface area (Å²) in [5, 5.41) is 19.0. The first-order chi connectivity index (χ1) is 11.6. The minimum Gasteiger partial charge on any atom is -0.481 e. The van der Waals surface area contributed by atoms with Crippen molar-refractivity contribution in [1.29, 1.82) is 0 Å². The number of aliphatic carboxylic acids is 1. The average Bonchev–Trinajstić information content (AvgIpc) is 2.56. The van der Waals surface area contributed by atoms with Crippen LogP contribution in [0.25, 0.3) is 0 Å². The maximum absolute atomic E-state index is 11.0. The standard InChI is InChI=1S/C21H40O3/c1-3-5-6-13-17-20(22)18-14-11-9-7-8-10-12-16-19(15-4-2)21(23)24/h4,19-20,22H,2-3,5-18H2,1H3,(H,23,24). The van der Waals surface area contributed by atoms with Crippen LogP contribution in [0.2, 0.25) is 0 Å². The maximum Gasteiger partial charge on any atom is 0.306 e. The van der Waals surface area contributed by atoms with Crippen LogP contribution in [-0.2, 0) is 4.79 Å². The molecule has 0 aromatic heterocycles. The Hall–Kier alpha value is -0.830. The lowest BCUT2D eigenvalue weighted by atomic mass is 9.97. The minimum absolute atomic E-state index is 0.0975. The smallest absolute Gasteiger partial charge is 0.306 e. The van der Waals surface area contributed by atoms with Crippen molar-refractivity contribution in [1.82, 2.24) is 0 Å². The number of hydrogen-bond donors (Lipinski definition) is 2. The summed E-state index contributed by atoms with van der Waals surface area (Å²) in [6.45, 7) is 5.84. The molecule has 0 aliphatic rings. The van der Waals surface area contributed by atoms with Crippen molar-refractivity contribution in [3.8, 4) is 0 Å². The van der Waals surface area contributed by atoms with Gasteiger partial charge in [0.2, 0.25) is 0 Å². The Balaban J connectivity index is 3.35. The van der Waals surface area contributed by atoms with Crippen LogP contribution in [0, 0.1) is 5.92 Å². The van der Waals surface area contributed by atoms with E-state index in [1.165, 1.54) is 44.9 Å². The predicted octanol–water partition coefficient (Wildman–Crippen LogP) is 6.11. The molecule has 0 aromatic carbocycles. The maximum atomic E-state index is 11.0. The Morgan fingerprint density at radius 2 is 1.33 bits per heavy atom. The molecule has 0 radical (unpaired) electrons. The highest BCUT2D eigenvalue weighted by molar-refractivity contribution is 5.70. The SMILES string of the molecule is C=CCC(CCCCCCCCCC(O)CCCCCC)C(=O)O. The molecule has 3 heteroatoms. The minimum atomic E-state index is -0.692. The summed E-state index contributed by atoms with van der Waals surface area (Å²) < 4.78 is 0. The molecule has 0 aliphatic heterocycles. The van der Waals surface area contributed by atoms with Gasteiger partial charge >= 0.3 is 5.97 Å². The fourth-order valence-corrected chi connectivity index (χ4v) is 3.15. The van der Waals surface area contributed by atoms with Crippen LogP contribution in [0.3, 0.4) is 0 Å². The summed E-state index contributed by atoms with van der Waals surface area (Å²) in [6.07, 6.45) is 18.0. The molecule has 2 N–H and O–H groups in total. The van der Waals surface area contributed by atoms with E-state index >= 15 is 0 Å². The molecule has 0 aliphatic carbocycles. The molecular weight excluding hydrogens is 300 g/mol. The largest absolute Gasteiger partial charge is 0.481 e. The van der Waals surface area contributed by atoms with E-state index < -0.39 is 5.97 Å². The zero-order valence-corrected chi connectivity index (χ0v) is 15.8. The van der Waals surface area contributed by atoms with Crippen LogP contribution in [0.4, 0.5) is 0 Å². The molecule has 24 heavy (non-hydrogen) atoms. The fourth-order valence-electron chi connectivity index (χ4n) is 3.15. The highest BCUT2D eigenvalue weighted by Crippen LogP contribution is 2.17. The second-order valence-corrected chi connectivity index (χ2v) is 7.11. The summed E-state index contributed by atoms with van der Waals surface area (Å²) in [5.74, 6) is -0.940. The first-order valence-corrected chi connectivity index (χ1v) is 10.1. The lowest BCUT2D eigenvalue weighted by Gasteiger charge is -2.10. The molecule has 0 saturated carbocycles. The van der Waals surface area contributed by atoms with Crippen molar-refractivity contribution in [3.05, 3.63) is 12.7 Å². The highest BCUT2D eigenvalue weighted by Gasteiger charge is 2.14. The molecule has 142 valence electrons. The number of carboxylic acids is 1. The van der Waals surface area contributed by atoms with E-state index in [2.05, 4.69) is 13.5 Å². The third-order valence-corrected chi connectivity index (χ3v) is 4.78. The van der Waals surface area contributed by atoms with Gasteiger partial charge in [-0.1, -0.05) is 83.6 Å². The average molecular weight is 341 g/mol. The van der Waals surface area contributed by atoms with Gasteiger partial charge in [0, 0.05) is 0 Å². The highest BCUT2D eigenvalue weighted by atomic mass is 16.4. The van der Waals surface area contributed by atoms with Crippen molar-refractivity contribution in [2.45, 2.75) is 109 Å². The second kappa shape index (κ2) is 17.0. The van der Waals surface area contributed by atoms with Gasteiger partial charge in [0.1, 0.15) is 0 Å². The molecular formula is C21H40O3. The van der Waals surface area contributed by atoms with Crippen LogP contribution >= 0.6 is 0 Å². The van der Waals surface area contributed by atoms with Crippen LogP contribution in [0.1, 0.15) is 103 Å². The zero-order chi connectivity index (χ0) is 18.0. The van der Waals surface area contributed by atoms with Gasteiger partial charge in [0.25, 0.3) is 0 Å². The third kappa shape index (κ3) is 14.7. The van der Waals surface area contributed by atoms with E-state index in [-0.39, 0.29) is 12.0 Å². The molecule has 0 aromatic rings. The Labute approximate surface area is 149 Å². The number of carboxylic acid groups (broad SMARTS) is 1. The third-order valence-electron chi connectivity index (χ3n) is 4.78. The Bertz CT molecular complexity index is 301. The molecule has 0 spiro atoms. The van der Waals surface area contributed by atoms with E-state index in [0.717, 1.165) is 44.9 Å². The summed E-state index contributed by atoms with van der Waals surface area (Å²) in [5.41, 5.74) is 0. The predicted molar refractivity (Wildman–Crippen MR) is 102 cm³/mol. The first-order valence-electron chi connectivity index (χ1n) is 10.1. The number of carbonyl (C=O) groups is 1. The van der Waals surface area contributed by atoms with Crippen molar-refractivity contribution in [3.63, 3.8) is 0 Å². The summed E-state index contributed by atoms with van der Waals surface area (Å²) in [7, 11) is 0. The number of allylic oxidation sites excluding steroid dienone is 1. The van der Waals surface area contributed by atoms with E-state index in [9.17, 15) is 9.90 Å².